The molecule has 0 aliphatic heterocycles. The number of hydrogen-bond acceptors (Lipinski definition) is 7. The Labute approximate surface area is 67.9 Å². The molecule has 7 nitrogen and oxygen atoms in total. The van der Waals surface area contributed by atoms with Gasteiger partial charge in [0, 0.05) is 10.4 Å². The van der Waals surface area contributed by atoms with E-state index in [0.717, 1.165) is 0 Å². The molecule has 0 aromatic carbocycles. The molecule has 0 atom stereocenters. The molecule has 1 radical (unpaired) electrons. The minimum Gasteiger partial charge on any atom is -0.759 e. The normalized spacial score (nSPS) is 8.50. The molecule has 0 saturated heterocycles. The zero-order valence-corrected chi connectivity index (χ0v) is 6.02. The van der Waals surface area contributed by atoms with E-state index in [4.69, 9.17) is 32.6 Å². The van der Waals surface area contributed by atoms with Gasteiger partial charge >= 0.3 is 24.4 Å². The zero-order chi connectivity index (χ0) is 8.08. The predicted molar refractivity (Wildman–Crippen MR) is 22.9 cm³/mol. The predicted octanol–water partition coefficient (Wildman–Crippen LogP) is -3.39. The molecule has 0 aromatic heterocycles. The van der Waals surface area contributed by atoms with Crippen LogP contribution in [0.25, 0.3) is 0 Å². The minimum absolute atomic E-state index is 0. The van der Waals surface area contributed by atoms with Gasteiger partial charge in [-0.1, -0.05) is 0 Å². The summed E-state index contributed by atoms with van der Waals surface area (Å²) in [4.78, 5) is 0. The summed E-state index contributed by atoms with van der Waals surface area (Å²) in [5, 5.41) is 21.5. The van der Waals surface area contributed by atoms with Crippen LogP contribution >= 0.6 is 0 Å². The number of hydrogen-bond donors (Lipinski definition) is 3. The molecular formula is H3BCuO7S. The van der Waals surface area contributed by atoms with E-state index in [2.05, 4.69) is 0 Å². The Morgan fingerprint density at radius 2 is 1.10 bits per heavy atom. The van der Waals surface area contributed by atoms with Crippen LogP contribution in [-0.4, -0.2) is 39.9 Å². The fourth-order valence-electron chi connectivity index (χ4n) is 0. The first-order chi connectivity index (χ1) is 3.73. The molecule has 0 aliphatic carbocycles. The van der Waals surface area contributed by atoms with E-state index in [-0.39, 0.29) is 17.1 Å². The van der Waals surface area contributed by atoms with E-state index in [0.29, 0.717) is 0 Å². The molecule has 0 aromatic rings. The van der Waals surface area contributed by atoms with E-state index in [1.807, 2.05) is 0 Å². The third-order valence-corrected chi connectivity index (χ3v) is 0. The molecule has 0 heterocycles. The Kier molecular flexibility index (Phi) is 12.5. The van der Waals surface area contributed by atoms with Crippen molar-refractivity contribution in [3.8, 4) is 0 Å². The molecule has 10 heavy (non-hydrogen) atoms. The van der Waals surface area contributed by atoms with E-state index in [9.17, 15) is 0 Å². The quantitative estimate of drug-likeness (QED) is 0.220. The Hall–Kier alpha value is 0.334. The van der Waals surface area contributed by atoms with Crippen molar-refractivity contribution in [3.05, 3.63) is 0 Å². The molecule has 0 unspecified atom stereocenters. The summed E-state index contributed by atoms with van der Waals surface area (Å²) in [5.41, 5.74) is 0. The molecular weight excluding hydrogens is 218 g/mol. The maximum absolute atomic E-state index is 8.52. The molecule has 65 valence electrons. The van der Waals surface area contributed by atoms with Crippen LogP contribution in [0.15, 0.2) is 0 Å². The van der Waals surface area contributed by atoms with Gasteiger partial charge < -0.3 is 24.2 Å². The molecule has 0 fully saturated rings. The summed E-state index contributed by atoms with van der Waals surface area (Å²) in [6, 6.07) is 0. The second-order valence-corrected chi connectivity index (χ2v) is 1.57. The molecule has 0 saturated carbocycles. The molecule has 3 N–H and O–H groups in total. The van der Waals surface area contributed by atoms with Crippen LogP contribution < -0.4 is 0 Å². The SMILES string of the molecule is O=S(=O)([O-])[O-].OB(O)O.[Cu+2]. The van der Waals surface area contributed by atoms with E-state index < -0.39 is 17.7 Å². The van der Waals surface area contributed by atoms with Crippen molar-refractivity contribution < 1.29 is 49.7 Å². The van der Waals surface area contributed by atoms with Gasteiger partial charge in [0.05, 0.1) is 0 Å². The minimum atomic E-state index is -5.17. The van der Waals surface area contributed by atoms with Gasteiger partial charge in [0.1, 0.15) is 0 Å². The van der Waals surface area contributed by atoms with Crippen LogP contribution in [-0.2, 0) is 27.5 Å². The Morgan fingerprint density at radius 1 is 1.10 bits per heavy atom. The first-order valence-corrected chi connectivity index (χ1v) is 2.77. The van der Waals surface area contributed by atoms with Crippen LogP contribution in [0.5, 0.6) is 0 Å². The standard InChI is InChI=1S/BH3O3.Cu.H2O4S/c2-1(3)4;;1-5(2,3)4/h2-4H;;(H2,1,2,3,4)/q;+2;/p-2. The summed E-state index contributed by atoms with van der Waals surface area (Å²) in [5.74, 6) is 0. The van der Waals surface area contributed by atoms with Gasteiger partial charge in [0.15, 0.2) is 0 Å². The third-order valence-electron chi connectivity index (χ3n) is 0. The molecule has 0 aliphatic rings. The van der Waals surface area contributed by atoms with Crippen LogP contribution in [0.2, 0.25) is 0 Å². The molecule has 0 amide bonds. The van der Waals surface area contributed by atoms with Gasteiger partial charge in [-0.05, 0) is 0 Å². The first kappa shape index (κ1) is 16.7. The van der Waals surface area contributed by atoms with E-state index in [1.165, 1.54) is 0 Å². The van der Waals surface area contributed by atoms with E-state index in [1.54, 1.807) is 0 Å². The largest absolute Gasteiger partial charge is 2.00 e. The summed E-state index contributed by atoms with van der Waals surface area (Å²) in [6.07, 6.45) is 0. The van der Waals surface area contributed by atoms with Crippen molar-refractivity contribution in [2.45, 2.75) is 0 Å². The van der Waals surface area contributed by atoms with E-state index >= 15 is 0 Å². The summed E-state index contributed by atoms with van der Waals surface area (Å²) >= 11 is 0. The summed E-state index contributed by atoms with van der Waals surface area (Å²) in [7, 11) is -7.33. The van der Waals surface area contributed by atoms with Crippen molar-refractivity contribution in [1.29, 1.82) is 0 Å². The second-order valence-electron chi connectivity index (χ2n) is 0.755. The second kappa shape index (κ2) is 7.44. The van der Waals surface area contributed by atoms with Gasteiger partial charge in [-0.25, -0.2) is 0 Å². The summed E-state index contributed by atoms with van der Waals surface area (Å²) in [6.45, 7) is 0. The van der Waals surface area contributed by atoms with Gasteiger partial charge in [0.2, 0.25) is 0 Å². The molecule has 0 spiro atoms. The fourth-order valence-corrected chi connectivity index (χ4v) is 0. The average molecular weight is 221 g/mol. The van der Waals surface area contributed by atoms with Gasteiger partial charge in [-0.15, -0.1) is 0 Å². The van der Waals surface area contributed by atoms with Crippen molar-refractivity contribution >= 4 is 17.7 Å². The number of rotatable bonds is 0. The Bertz CT molecular complexity index is 125. The van der Waals surface area contributed by atoms with Crippen LogP contribution in [0, 0.1) is 0 Å². The van der Waals surface area contributed by atoms with Gasteiger partial charge in [0.25, 0.3) is 0 Å². The average Bonchev–Trinajstić information content (AvgIpc) is 1.19. The third kappa shape index (κ3) is 4010. The maximum atomic E-state index is 8.52. The summed E-state index contributed by atoms with van der Waals surface area (Å²) < 4.78 is 34.1. The molecule has 10 heteroatoms. The van der Waals surface area contributed by atoms with Crippen molar-refractivity contribution in [2.75, 3.05) is 0 Å². The van der Waals surface area contributed by atoms with Crippen molar-refractivity contribution in [3.63, 3.8) is 0 Å². The smallest absolute Gasteiger partial charge is 0.759 e. The molecule has 0 bridgehead atoms. The maximum Gasteiger partial charge on any atom is 2.00 e. The Morgan fingerprint density at radius 3 is 1.10 bits per heavy atom. The van der Waals surface area contributed by atoms with Crippen molar-refractivity contribution in [1.82, 2.24) is 0 Å². The Balaban J connectivity index is -0.0000000910. The van der Waals surface area contributed by atoms with Gasteiger partial charge in [-0.3, -0.25) is 8.42 Å². The van der Waals surface area contributed by atoms with Crippen LogP contribution in [0.3, 0.4) is 0 Å². The monoisotopic (exact) mass is 221 g/mol. The molecule has 0 rings (SSSR count). The fraction of sp³-hybridized carbons (Fsp3) is 0. The zero-order valence-electron chi connectivity index (χ0n) is 4.26. The van der Waals surface area contributed by atoms with Gasteiger partial charge in [-0.2, -0.15) is 0 Å². The van der Waals surface area contributed by atoms with Crippen LogP contribution in [0.1, 0.15) is 0 Å². The first-order valence-electron chi connectivity index (χ1n) is 1.44. The topological polar surface area (TPSA) is 141 Å². The van der Waals surface area contributed by atoms with Crippen LogP contribution in [0.4, 0.5) is 0 Å². The van der Waals surface area contributed by atoms with Crippen molar-refractivity contribution in [2.24, 2.45) is 0 Å².